The van der Waals surface area contributed by atoms with Crippen molar-refractivity contribution in [1.82, 2.24) is 0 Å². The van der Waals surface area contributed by atoms with Crippen molar-refractivity contribution in [3.63, 3.8) is 0 Å². The minimum absolute atomic E-state index is 0.0410. The average molecular weight is 262 g/mol. The first kappa shape index (κ1) is 13.7. The first-order valence-electron chi connectivity index (χ1n) is 6.47. The quantitative estimate of drug-likeness (QED) is 0.354. The summed E-state index contributed by atoms with van der Waals surface area (Å²) in [7, 11) is 0. The zero-order valence-electron chi connectivity index (χ0n) is 12.2. The number of rotatable bonds is 1. The van der Waals surface area contributed by atoms with Crippen LogP contribution in [0.4, 0.5) is 0 Å². The van der Waals surface area contributed by atoms with Gasteiger partial charge in [-0.2, -0.15) is 0 Å². The minimum atomic E-state index is -0.112. The molecule has 4 nitrogen and oxygen atoms in total. The van der Waals surface area contributed by atoms with Crippen molar-refractivity contribution >= 4 is 5.84 Å². The van der Waals surface area contributed by atoms with E-state index < -0.39 is 0 Å². The van der Waals surface area contributed by atoms with E-state index in [9.17, 15) is 0 Å². The second-order valence-electron chi connectivity index (χ2n) is 6.78. The molecule has 0 amide bonds. The summed E-state index contributed by atoms with van der Waals surface area (Å²) in [4.78, 5) is 0. The van der Waals surface area contributed by atoms with Crippen LogP contribution in [0.5, 0.6) is 5.75 Å². The maximum absolute atomic E-state index is 8.78. The van der Waals surface area contributed by atoms with Crippen LogP contribution < -0.4 is 10.5 Å². The molecule has 0 fully saturated rings. The molecular formula is C15H22N2O2. The molecule has 1 aromatic rings. The van der Waals surface area contributed by atoms with Gasteiger partial charge in [-0.1, -0.05) is 39.8 Å². The summed E-state index contributed by atoms with van der Waals surface area (Å²) < 4.78 is 6.11. The van der Waals surface area contributed by atoms with Gasteiger partial charge in [0, 0.05) is 16.5 Å². The molecule has 1 atom stereocenters. The summed E-state index contributed by atoms with van der Waals surface area (Å²) in [6.07, 6.45) is 0.0949. The van der Waals surface area contributed by atoms with E-state index in [1.165, 1.54) is 0 Å². The maximum atomic E-state index is 8.78. The lowest BCUT2D eigenvalue weighted by Gasteiger charge is -2.36. The molecule has 0 saturated carbocycles. The van der Waals surface area contributed by atoms with Crippen LogP contribution in [0.25, 0.3) is 0 Å². The van der Waals surface area contributed by atoms with Gasteiger partial charge in [-0.3, -0.25) is 0 Å². The van der Waals surface area contributed by atoms with Gasteiger partial charge < -0.3 is 15.7 Å². The molecule has 3 N–H and O–H groups in total. The number of hydrogen-bond donors (Lipinski definition) is 2. The van der Waals surface area contributed by atoms with Crippen molar-refractivity contribution in [2.75, 3.05) is 0 Å². The normalized spacial score (nSPS) is 21.9. The van der Waals surface area contributed by atoms with E-state index in [0.717, 1.165) is 11.3 Å². The molecule has 0 aliphatic carbocycles. The lowest BCUT2D eigenvalue weighted by atomic mass is 9.71. The Labute approximate surface area is 114 Å². The van der Waals surface area contributed by atoms with E-state index >= 15 is 0 Å². The average Bonchev–Trinajstić information content (AvgIpc) is 2.59. The smallest absolute Gasteiger partial charge is 0.170 e. The standard InChI is InChI=1S/C15H22N2O2/c1-14(2,3)13-15(4,5)10-8-9(12(16)17-18)6-7-11(10)19-13/h6-8,13,18H,1-5H3,(H2,16,17). The highest BCUT2D eigenvalue weighted by Crippen LogP contribution is 2.48. The van der Waals surface area contributed by atoms with Crippen molar-refractivity contribution in [3.05, 3.63) is 29.3 Å². The summed E-state index contributed by atoms with van der Waals surface area (Å²) >= 11 is 0. The Morgan fingerprint density at radius 1 is 1.37 bits per heavy atom. The molecule has 1 aromatic carbocycles. The first-order valence-corrected chi connectivity index (χ1v) is 6.47. The van der Waals surface area contributed by atoms with Crippen LogP contribution in [0, 0.1) is 5.41 Å². The summed E-state index contributed by atoms with van der Waals surface area (Å²) in [5.74, 6) is 1.01. The highest BCUT2D eigenvalue weighted by Gasteiger charge is 2.47. The molecule has 1 heterocycles. The lowest BCUT2D eigenvalue weighted by Crippen LogP contribution is -2.42. The number of hydrogen-bond acceptors (Lipinski definition) is 3. The number of fused-ring (bicyclic) bond motifs is 1. The van der Waals surface area contributed by atoms with Gasteiger partial charge in [-0.05, 0) is 23.6 Å². The number of nitrogens with two attached hydrogens (primary N) is 1. The fraction of sp³-hybridized carbons (Fsp3) is 0.533. The van der Waals surface area contributed by atoms with Gasteiger partial charge in [0.05, 0.1) is 0 Å². The monoisotopic (exact) mass is 262 g/mol. The summed E-state index contributed by atoms with van der Waals surface area (Å²) in [5.41, 5.74) is 7.41. The Morgan fingerprint density at radius 3 is 2.53 bits per heavy atom. The van der Waals surface area contributed by atoms with Gasteiger partial charge in [-0.15, -0.1) is 0 Å². The largest absolute Gasteiger partial charge is 0.489 e. The second kappa shape index (κ2) is 4.15. The SMILES string of the molecule is CC(C)(C)C1Oc2ccc(C(N)=NO)cc2C1(C)C. The molecule has 1 aliphatic rings. The Kier molecular flexibility index (Phi) is 3.00. The van der Waals surface area contributed by atoms with E-state index in [0.29, 0.717) is 5.56 Å². The van der Waals surface area contributed by atoms with Crippen molar-refractivity contribution in [1.29, 1.82) is 0 Å². The van der Waals surface area contributed by atoms with Gasteiger partial charge in [0.15, 0.2) is 5.84 Å². The Balaban J connectivity index is 2.50. The molecule has 0 aromatic heterocycles. The number of nitrogens with zero attached hydrogens (tertiary/aromatic N) is 1. The third-order valence-electron chi connectivity index (χ3n) is 3.76. The van der Waals surface area contributed by atoms with Crippen LogP contribution >= 0.6 is 0 Å². The highest BCUT2D eigenvalue weighted by molar-refractivity contribution is 5.97. The highest BCUT2D eigenvalue weighted by atomic mass is 16.5. The van der Waals surface area contributed by atoms with Crippen molar-refractivity contribution in [3.8, 4) is 5.75 Å². The molecule has 4 heteroatoms. The summed E-state index contributed by atoms with van der Waals surface area (Å²) in [6, 6.07) is 5.67. The van der Waals surface area contributed by atoms with Crippen LogP contribution in [-0.4, -0.2) is 17.1 Å². The van der Waals surface area contributed by atoms with E-state index in [4.69, 9.17) is 15.7 Å². The molecule has 0 spiro atoms. The minimum Gasteiger partial charge on any atom is -0.489 e. The Bertz CT molecular complexity index is 527. The molecule has 0 saturated heterocycles. The van der Waals surface area contributed by atoms with Crippen molar-refractivity contribution in [2.45, 2.75) is 46.1 Å². The lowest BCUT2D eigenvalue weighted by molar-refractivity contribution is 0.0562. The molecule has 1 unspecified atom stereocenters. The van der Waals surface area contributed by atoms with Crippen molar-refractivity contribution in [2.24, 2.45) is 16.3 Å². The Morgan fingerprint density at radius 2 is 2.00 bits per heavy atom. The van der Waals surface area contributed by atoms with Crippen molar-refractivity contribution < 1.29 is 9.94 Å². The van der Waals surface area contributed by atoms with E-state index in [1.54, 1.807) is 0 Å². The number of ether oxygens (including phenoxy) is 1. The molecule has 19 heavy (non-hydrogen) atoms. The zero-order valence-corrected chi connectivity index (χ0v) is 12.2. The van der Waals surface area contributed by atoms with Crippen LogP contribution in [0.3, 0.4) is 0 Å². The molecule has 2 rings (SSSR count). The molecule has 0 radical (unpaired) electrons. The summed E-state index contributed by atoms with van der Waals surface area (Å²) in [5, 5.41) is 11.8. The van der Waals surface area contributed by atoms with Gasteiger partial charge >= 0.3 is 0 Å². The molecule has 1 aliphatic heterocycles. The third kappa shape index (κ3) is 2.15. The number of oxime groups is 1. The Hall–Kier alpha value is -1.71. The number of benzene rings is 1. The predicted molar refractivity (Wildman–Crippen MR) is 75.8 cm³/mol. The molecular weight excluding hydrogens is 240 g/mol. The van der Waals surface area contributed by atoms with Gasteiger partial charge in [0.2, 0.25) is 0 Å². The van der Waals surface area contributed by atoms with E-state index in [1.807, 2.05) is 18.2 Å². The van der Waals surface area contributed by atoms with E-state index in [2.05, 4.69) is 39.8 Å². The zero-order chi connectivity index (χ0) is 14.4. The third-order valence-corrected chi connectivity index (χ3v) is 3.76. The van der Waals surface area contributed by atoms with Gasteiger partial charge in [0.25, 0.3) is 0 Å². The fourth-order valence-corrected chi connectivity index (χ4v) is 3.03. The molecule has 104 valence electrons. The first-order chi connectivity index (χ1) is 8.67. The van der Waals surface area contributed by atoms with Crippen LogP contribution in [-0.2, 0) is 5.41 Å². The molecule has 0 bridgehead atoms. The van der Waals surface area contributed by atoms with Gasteiger partial charge in [0.1, 0.15) is 11.9 Å². The topological polar surface area (TPSA) is 67.8 Å². The second-order valence-corrected chi connectivity index (χ2v) is 6.78. The van der Waals surface area contributed by atoms with Gasteiger partial charge in [-0.25, -0.2) is 0 Å². The van der Waals surface area contributed by atoms with Crippen LogP contribution in [0.2, 0.25) is 0 Å². The van der Waals surface area contributed by atoms with Crippen LogP contribution in [0.1, 0.15) is 45.7 Å². The summed E-state index contributed by atoms with van der Waals surface area (Å²) in [6.45, 7) is 10.9. The fourth-order valence-electron chi connectivity index (χ4n) is 3.03. The number of amidine groups is 1. The van der Waals surface area contributed by atoms with E-state index in [-0.39, 0.29) is 22.8 Å². The van der Waals surface area contributed by atoms with Crippen LogP contribution in [0.15, 0.2) is 23.4 Å². The maximum Gasteiger partial charge on any atom is 0.170 e. The predicted octanol–water partition coefficient (Wildman–Crippen LogP) is 2.87.